The fourth-order valence-electron chi connectivity index (χ4n) is 3.00. The minimum Gasteiger partial charge on any atom is -0.322 e. The lowest BCUT2D eigenvalue weighted by Crippen LogP contribution is -2.13. The zero-order valence-corrected chi connectivity index (χ0v) is 15.7. The number of fused-ring (bicyclic) bond motifs is 1. The standard InChI is InChI=1S/C20H18ClN5O/c1-12-3-5-14(6-4-12)11-26-19(21)18(13(2)25-26)20(27)23-16-7-8-17-15(9-16)10-22-24-17/h3-10H,11H2,1-2H3,(H,22,24)(H,23,27). The molecule has 1 amide bonds. The van der Waals surface area contributed by atoms with Gasteiger partial charge in [0.15, 0.2) is 0 Å². The molecule has 0 aliphatic carbocycles. The van der Waals surface area contributed by atoms with E-state index in [0.29, 0.717) is 28.6 Å². The van der Waals surface area contributed by atoms with Gasteiger partial charge in [0.05, 0.1) is 29.5 Å². The van der Waals surface area contributed by atoms with Crippen molar-refractivity contribution in [1.82, 2.24) is 20.0 Å². The Morgan fingerprint density at radius 2 is 1.96 bits per heavy atom. The molecule has 2 aromatic heterocycles. The van der Waals surface area contributed by atoms with Crippen molar-refractivity contribution in [2.45, 2.75) is 20.4 Å². The minimum absolute atomic E-state index is 0.282. The second kappa shape index (κ2) is 6.89. The summed E-state index contributed by atoms with van der Waals surface area (Å²) in [5.41, 5.74) is 4.83. The molecule has 27 heavy (non-hydrogen) atoms. The molecular formula is C20H18ClN5O. The van der Waals surface area contributed by atoms with Crippen LogP contribution in [0, 0.1) is 13.8 Å². The van der Waals surface area contributed by atoms with E-state index in [1.807, 2.05) is 49.4 Å². The van der Waals surface area contributed by atoms with Gasteiger partial charge in [-0.25, -0.2) is 4.68 Å². The van der Waals surface area contributed by atoms with Crippen LogP contribution >= 0.6 is 11.6 Å². The Labute approximate surface area is 161 Å². The first-order chi connectivity index (χ1) is 13.0. The van der Waals surface area contributed by atoms with Gasteiger partial charge in [-0.05, 0) is 37.6 Å². The molecule has 6 nitrogen and oxygen atoms in total. The number of halogens is 1. The molecule has 0 fully saturated rings. The minimum atomic E-state index is -0.282. The second-order valence-corrected chi connectivity index (χ2v) is 6.88. The summed E-state index contributed by atoms with van der Waals surface area (Å²) in [6, 6.07) is 13.7. The van der Waals surface area contributed by atoms with Crippen LogP contribution in [0.5, 0.6) is 0 Å². The molecule has 0 unspecified atom stereocenters. The predicted molar refractivity (Wildman–Crippen MR) is 106 cm³/mol. The van der Waals surface area contributed by atoms with Gasteiger partial charge in [0.25, 0.3) is 5.91 Å². The van der Waals surface area contributed by atoms with Crippen LogP contribution in [-0.4, -0.2) is 25.9 Å². The number of carbonyl (C=O) groups excluding carboxylic acids is 1. The van der Waals surface area contributed by atoms with Crippen molar-refractivity contribution in [2.24, 2.45) is 0 Å². The van der Waals surface area contributed by atoms with Gasteiger partial charge >= 0.3 is 0 Å². The van der Waals surface area contributed by atoms with Crippen LogP contribution in [-0.2, 0) is 6.54 Å². The summed E-state index contributed by atoms with van der Waals surface area (Å²) in [6.07, 6.45) is 1.71. The number of H-pyrrole nitrogens is 1. The second-order valence-electron chi connectivity index (χ2n) is 6.52. The van der Waals surface area contributed by atoms with E-state index in [-0.39, 0.29) is 5.91 Å². The topological polar surface area (TPSA) is 75.6 Å². The van der Waals surface area contributed by atoms with Crippen LogP contribution in [0.1, 0.15) is 27.2 Å². The average molecular weight is 380 g/mol. The van der Waals surface area contributed by atoms with Gasteiger partial charge in [-0.15, -0.1) is 0 Å². The summed E-state index contributed by atoms with van der Waals surface area (Å²) in [5.74, 6) is -0.282. The lowest BCUT2D eigenvalue weighted by molar-refractivity contribution is 0.102. The molecule has 2 heterocycles. The average Bonchev–Trinajstić information content (AvgIpc) is 3.21. The number of aryl methyl sites for hydroxylation is 2. The van der Waals surface area contributed by atoms with Crippen molar-refractivity contribution in [3.8, 4) is 0 Å². The summed E-state index contributed by atoms with van der Waals surface area (Å²) >= 11 is 6.47. The van der Waals surface area contributed by atoms with E-state index in [0.717, 1.165) is 16.5 Å². The third-order valence-electron chi connectivity index (χ3n) is 4.44. The van der Waals surface area contributed by atoms with E-state index in [1.54, 1.807) is 17.8 Å². The molecular weight excluding hydrogens is 362 g/mol. The highest BCUT2D eigenvalue weighted by atomic mass is 35.5. The van der Waals surface area contributed by atoms with Gasteiger partial charge in [-0.2, -0.15) is 10.2 Å². The van der Waals surface area contributed by atoms with Crippen LogP contribution in [0.3, 0.4) is 0 Å². The van der Waals surface area contributed by atoms with E-state index >= 15 is 0 Å². The number of rotatable bonds is 4. The normalized spacial score (nSPS) is 11.1. The van der Waals surface area contributed by atoms with Crippen LogP contribution in [0.15, 0.2) is 48.7 Å². The largest absolute Gasteiger partial charge is 0.322 e. The Bertz CT molecular complexity index is 1130. The van der Waals surface area contributed by atoms with E-state index in [4.69, 9.17) is 11.6 Å². The van der Waals surface area contributed by atoms with Gasteiger partial charge in [-0.1, -0.05) is 41.4 Å². The number of nitrogens with zero attached hydrogens (tertiary/aromatic N) is 3. The number of nitrogens with one attached hydrogen (secondary N) is 2. The molecule has 0 bridgehead atoms. The molecule has 7 heteroatoms. The number of benzene rings is 2. The van der Waals surface area contributed by atoms with Crippen molar-refractivity contribution in [3.05, 3.63) is 76.2 Å². The summed E-state index contributed by atoms with van der Waals surface area (Å²) in [6.45, 7) is 4.33. The molecule has 0 aliphatic rings. The zero-order valence-electron chi connectivity index (χ0n) is 15.0. The first kappa shape index (κ1) is 17.3. The Morgan fingerprint density at radius 3 is 2.74 bits per heavy atom. The zero-order chi connectivity index (χ0) is 19.0. The third-order valence-corrected chi connectivity index (χ3v) is 4.83. The molecule has 0 spiro atoms. The van der Waals surface area contributed by atoms with Crippen LogP contribution in [0.2, 0.25) is 5.15 Å². The Kier molecular flexibility index (Phi) is 4.41. The third kappa shape index (κ3) is 3.44. The maximum absolute atomic E-state index is 12.8. The van der Waals surface area contributed by atoms with Crippen LogP contribution in [0.25, 0.3) is 10.9 Å². The Hall–Kier alpha value is -3.12. The lowest BCUT2D eigenvalue weighted by atomic mass is 10.1. The van der Waals surface area contributed by atoms with E-state index < -0.39 is 0 Å². The highest BCUT2D eigenvalue weighted by Crippen LogP contribution is 2.23. The molecule has 2 N–H and O–H groups in total. The van der Waals surface area contributed by atoms with Gasteiger partial charge < -0.3 is 5.32 Å². The fourth-order valence-corrected chi connectivity index (χ4v) is 3.32. The molecule has 4 aromatic rings. The molecule has 0 radical (unpaired) electrons. The highest BCUT2D eigenvalue weighted by molar-refractivity contribution is 6.33. The molecule has 0 saturated heterocycles. The van der Waals surface area contributed by atoms with Crippen LogP contribution < -0.4 is 5.32 Å². The van der Waals surface area contributed by atoms with Crippen LogP contribution in [0.4, 0.5) is 5.69 Å². The molecule has 2 aromatic carbocycles. The van der Waals surface area contributed by atoms with Gasteiger partial charge in [0.1, 0.15) is 5.15 Å². The molecule has 4 rings (SSSR count). The van der Waals surface area contributed by atoms with E-state index in [1.165, 1.54) is 5.56 Å². The number of amides is 1. The Morgan fingerprint density at radius 1 is 1.19 bits per heavy atom. The number of carbonyl (C=O) groups is 1. The van der Waals surface area contributed by atoms with Crippen molar-refractivity contribution < 1.29 is 4.79 Å². The van der Waals surface area contributed by atoms with E-state index in [9.17, 15) is 4.79 Å². The first-order valence-electron chi connectivity index (χ1n) is 8.54. The Balaban J connectivity index is 1.58. The SMILES string of the molecule is Cc1ccc(Cn2nc(C)c(C(=O)Nc3ccc4[nH]ncc4c3)c2Cl)cc1. The first-order valence-corrected chi connectivity index (χ1v) is 8.92. The summed E-state index contributed by atoms with van der Waals surface area (Å²) in [7, 11) is 0. The lowest BCUT2D eigenvalue weighted by Gasteiger charge is -2.06. The number of aromatic amines is 1. The summed E-state index contributed by atoms with van der Waals surface area (Å²) < 4.78 is 1.65. The molecule has 0 saturated carbocycles. The quantitative estimate of drug-likeness (QED) is 0.554. The summed E-state index contributed by atoms with van der Waals surface area (Å²) in [4.78, 5) is 12.8. The van der Waals surface area contributed by atoms with Crippen molar-refractivity contribution in [3.63, 3.8) is 0 Å². The van der Waals surface area contributed by atoms with Gasteiger partial charge in [0.2, 0.25) is 0 Å². The van der Waals surface area contributed by atoms with Gasteiger partial charge in [-0.3, -0.25) is 9.89 Å². The number of hydrogen-bond donors (Lipinski definition) is 2. The fraction of sp³-hybridized carbons (Fsp3) is 0.150. The maximum atomic E-state index is 12.8. The van der Waals surface area contributed by atoms with Crippen molar-refractivity contribution >= 4 is 34.1 Å². The van der Waals surface area contributed by atoms with E-state index in [2.05, 4.69) is 20.6 Å². The van der Waals surface area contributed by atoms with Crippen molar-refractivity contribution in [1.29, 1.82) is 0 Å². The number of aromatic nitrogens is 4. The predicted octanol–water partition coefficient (Wildman–Crippen LogP) is 4.33. The number of anilines is 1. The molecule has 0 atom stereocenters. The van der Waals surface area contributed by atoms with Crippen molar-refractivity contribution in [2.75, 3.05) is 5.32 Å². The highest BCUT2D eigenvalue weighted by Gasteiger charge is 2.20. The van der Waals surface area contributed by atoms with Gasteiger partial charge in [0, 0.05) is 11.1 Å². The molecule has 136 valence electrons. The molecule has 0 aliphatic heterocycles. The maximum Gasteiger partial charge on any atom is 0.260 e. The monoisotopic (exact) mass is 379 g/mol. The number of hydrogen-bond acceptors (Lipinski definition) is 3. The smallest absolute Gasteiger partial charge is 0.260 e. The summed E-state index contributed by atoms with van der Waals surface area (Å²) in [5, 5.41) is 15.4.